The van der Waals surface area contributed by atoms with Crippen LogP contribution in [0.3, 0.4) is 0 Å². The Hall–Kier alpha value is -0.0516. The number of hydrazone groups is 1. The number of nitrogens with zero attached hydrogens (tertiary/aromatic N) is 2. The molecule has 0 unspecified atom stereocenters. The van der Waals surface area contributed by atoms with E-state index in [4.69, 9.17) is 0 Å². The maximum absolute atomic E-state index is 4.37. The fraction of sp³-hybridized carbons (Fsp3) is 0.222. The Morgan fingerprint density at radius 2 is 1.79 bits per heavy atom. The van der Waals surface area contributed by atoms with Crippen molar-refractivity contribution in [2.45, 2.75) is 0 Å². The first-order valence-corrected chi connectivity index (χ1v) is 11.3. The van der Waals surface area contributed by atoms with Crippen molar-refractivity contribution in [1.82, 2.24) is 5.01 Å². The molecule has 1 aliphatic rings. The molecule has 74 valence electrons. The fourth-order valence-electron chi connectivity index (χ4n) is 1.00. The zero-order chi connectivity index (χ0) is 9.97. The number of benzene rings is 1. The molecule has 5 heteroatoms. The van der Waals surface area contributed by atoms with Gasteiger partial charge >= 0.3 is 95.7 Å². The van der Waals surface area contributed by atoms with E-state index in [1.165, 1.54) is 8.73 Å². The van der Waals surface area contributed by atoms with E-state index in [0.29, 0.717) is 0 Å². The molecule has 0 atom stereocenters. The Balaban J connectivity index is 1.96. The molecule has 0 bridgehead atoms. The molecule has 0 aliphatic carbocycles. The van der Waals surface area contributed by atoms with Gasteiger partial charge in [-0.2, -0.15) is 0 Å². The topological polar surface area (TPSA) is 15.6 Å². The van der Waals surface area contributed by atoms with Crippen LogP contribution in [0.25, 0.3) is 0 Å². The molecule has 0 spiro atoms. The minimum absolute atomic E-state index is 0.867. The Labute approximate surface area is 95.4 Å². The predicted octanol–water partition coefficient (Wildman–Crippen LogP) is 1.69. The van der Waals surface area contributed by atoms with Crippen molar-refractivity contribution in [3.63, 3.8) is 0 Å². The molecular weight excluding hydrogens is 275 g/mol. The van der Waals surface area contributed by atoms with Crippen LogP contribution in [0.5, 0.6) is 0 Å². The van der Waals surface area contributed by atoms with E-state index < -0.39 is 12.3 Å². The second-order valence-electron chi connectivity index (χ2n) is 2.99. The molecule has 0 aromatic heterocycles. The summed E-state index contributed by atoms with van der Waals surface area (Å²) in [4.78, 5) is 0. The van der Waals surface area contributed by atoms with Crippen molar-refractivity contribution in [3.8, 4) is 0 Å². The van der Waals surface area contributed by atoms with E-state index in [1.54, 1.807) is 0 Å². The zero-order valence-electron chi connectivity index (χ0n) is 8.04. The van der Waals surface area contributed by atoms with Gasteiger partial charge in [0.15, 0.2) is 0 Å². The van der Waals surface area contributed by atoms with Crippen LogP contribution in [0.1, 0.15) is 0 Å². The first kappa shape index (κ1) is 10.5. The molecule has 2 nitrogen and oxygen atoms in total. The van der Waals surface area contributed by atoms with Crippen molar-refractivity contribution >= 4 is 41.1 Å². The van der Waals surface area contributed by atoms with Crippen LogP contribution in [0, 0.1) is 0 Å². The summed E-state index contributed by atoms with van der Waals surface area (Å²) in [5, 5.41) is 6.24. The number of rotatable bonds is 2. The summed E-state index contributed by atoms with van der Waals surface area (Å²) in [5.41, 5.74) is 0. The molecule has 1 saturated heterocycles. The molecule has 0 saturated carbocycles. The second-order valence-corrected chi connectivity index (χ2v) is 13.8. The van der Waals surface area contributed by atoms with Crippen LogP contribution >= 0.6 is 20.0 Å². The fourth-order valence-corrected chi connectivity index (χ4v) is 11.1. The monoisotopic (exact) mass is 286 g/mol. The molecular formula is C9H11AsN2S2. The SMILES string of the molecule is CN(C)N=C1S[As](c2ccccc2)S1. The molecule has 0 N–H and O–H groups in total. The summed E-state index contributed by atoms with van der Waals surface area (Å²) in [5.74, 6) is 0. The normalized spacial score (nSPS) is 20.1. The van der Waals surface area contributed by atoms with Crippen molar-refractivity contribution < 1.29 is 0 Å². The number of hydrogen-bond donors (Lipinski definition) is 0. The van der Waals surface area contributed by atoms with Gasteiger partial charge in [0.1, 0.15) is 0 Å². The molecule has 0 radical (unpaired) electrons. The summed E-state index contributed by atoms with van der Waals surface area (Å²) in [6, 6.07) is 10.8. The van der Waals surface area contributed by atoms with Gasteiger partial charge in [-0.3, -0.25) is 0 Å². The second kappa shape index (κ2) is 4.65. The van der Waals surface area contributed by atoms with Crippen molar-refractivity contribution in [3.05, 3.63) is 30.3 Å². The van der Waals surface area contributed by atoms with Gasteiger partial charge in [-0.05, 0) is 0 Å². The van der Waals surface area contributed by atoms with Crippen molar-refractivity contribution in [2.75, 3.05) is 14.1 Å². The van der Waals surface area contributed by atoms with E-state index in [9.17, 15) is 0 Å². The van der Waals surface area contributed by atoms with E-state index in [1.807, 2.05) is 39.2 Å². The summed E-state index contributed by atoms with van der Waals surface area (Å²) >= 11 is -0.867. The minimum atomic E-state index is -0.867. The maximum atomic E-state index is 4.37. The van der Waals surface area contributed by atoms with Gasteiger partial charge in [0, 0.05) is 0 Å². The Morgan fingerprint density at radius 3 is 2.36 bits per heavy atom. The predicted molar refractivity (Wildman–Crippen MR) is 68.1 cm³/mol. The third kappa shape index (κ3) is 2.50. The van der Waals surface area contributed by atoms with Gasteiger partial charge in [0.25, 0.3) is 0 Å². The third-order valence-electron chi connectivity index (χ3n) is 1.57. The Morgan fingerprint density at radius 1 is 1.14 bits per heavy atom. The molecule has 0 amide bonds. The van der Waals surface area contributed by atoms with Gasteiger partial charge in [-0.15, -0.1) is 0 Å². The summed E-state index contributed by atoms with van der Waals surface area (Å²) < 4.78 is 2.74. The van der Waals surface area contributed by atoms with E-state index in [2.05, 4.69) is 35.4 Å². The van der Waals surface area contributed by atoms with Crippen molar-refractivity contribution in [2.24, 2.45) is 5.10 Å². The third-order valence-corrected chi connectivity index (χ3v) is 14.8. The van der Waals surface area contributed by atoms with Crippen LogP contribution in [0.15, 0.2) is 35.4 Å². The molecule has 1 aliphatic heterocycles. The van der Waals surface area contributed by atoms with Crippen molar-refractivity contribution in [1.29, 1.82) is 0 Å². The molecule has 2 rings (SSSR count). The molecule has 1 aromatic carbocycles. The first-order chi connectivity index (χ1) is 6.75. The molecule has 1 heterocycles. The molecule has 1 fully saturated rings. The van der Waals surface area contributed by atoms with Crippen LogP contribution in [0.2, 0.25) is 0 Å². The van der Waals surface area contributed by atoms with Crippen LogP contribution in [-0.4, -0.2) is 35.8 Å². The standard InChI is InChI=1S/C9H11AsN2S2/c1-12(2)11-9-13-10(14-9)8-6-4-3-5-7-8/h3-7H,1-2H3. The average Bonchev–Trinajstić information content (AvgIpc) is 2.12. The summed E-state index contributed by atoms with van der Waals surface area (Å²) in [6.45, 7) is 0. The Kier molecular flexibility index (Phi) is 3.47. The van der Waals surface area contributed by atoms with Gasteiger partial charge < -0.3 is 0 Å². The molecule has 14 heavy (non-hydrogen) atoms. The zero-order valence-corrected chi connectivity index (χ0v) is 11.6. The summed E-state index contributed by atoms with van der Waals surface area (Å²) in [7, 11) is 7.87. The van der Waals surface area contributed by atoms with Gasteiger partial charge in [-0.25, -0.2) is 0 Å². The first-order valence-electron chi connectivity index (χ1n) is 4.23. The van der Waals surface area contributed by atoms with E-state index >= 15 is 0 Å². The molecule has 1 aromatic rings. The van der Waals surface area contributed by atoms with Crippen LogP contribution in [0.4, 0.5) is 0 Å². The number of hydrogen-bond acceptors (Lipinski definition) is 4. The van der Waals surface area contributed by atoms with Gasteiger partial charge in [-0.1, -0.05) is 0 Å². The average molecular weight is 286 g/mol. The quantitative estimate of drug-likeness (QED) is 0.608. The van der Waals surface area contributed by atoms with Crippen LogP contribution < -0.4 is 4.35 Å². The van der Waals surface area contributed by atoms with E-state index in [0.717, 1.165) is 0 Å². The van der Waals surface area contributed by atoms with Crippen LogP contribution in [-0.2, 0) is 0 Å². The van der Waals surface area contributed by atoms with E-state index in [-0.39, 0.29) is 0 Å². The van der Waals surface area contributed by atoms with Gasteiger partial charge in [0.05, 0.1) is 0 Å². The van der Waals surface area contributed by atoms with Gasteiger partial charge in [0.2, 0.25) is 0 Å². The summed E-state index contributed by atoms with van der Waals surface area (Å²) in [6.07, 6.45) is 0. The Bertz CT molecular complexity index is 332.